The molecule has 2 rings (SSSR count). The van der Waals surface area contributed by atoms with Gasteiger partial charge in [0.1, 0.15) is 12.3 Å². The van der Waals surface area contributed by atoms with Crippen LogP contribution in [0.25, 0.3) is 0 Å². The molecule has 2 N–H and O–H groups in total. The third-order valence-electron chi connectivity index (χ3n) is 4.00. The Morgan fingerprint density at radius 1 is 0.964 bits per heavy atom. The van der Waals surface area contributed by atoms with Crippen LogP contribution in [0.15, 0.2) is 54.6 Å². The number of amides is 2. The van der Waals surface area contributed by atoms with E-state index in [9.17, 15) is 14.4 Å². The van der Waals surface area contributed by atoms with Gasteiger partial charge in [0.05, 0.1) is 13.7 Å². The van der Waals surface area contributed by atoms with Crippen molar-refractivity contribution in [3.63, 3.8) is 0 Å². The van der Waals surface area contributed by atoms with Crippen molar-refractivity contribution in [2.24, 2.45) is 5.73 Å². The molecule has 0 fully saturated rings. The summed E-state index contributed by atoms with van der Waals surface area (Å²) in [6.07, 6.45) is 0. The number of nitrogens with two attached hydrogens (primary N) is 1. The molecule has 8 nitrogen and oxygen atoms in total. The molecular formula is C20H23N3O5. The van der Waals surface area contributed by atoms with Crippen LogP contribution in [0.3, 0.4) is 0 Å². The standard InChI is InChI=1S/C20H23N3O5/c1-22(15-7-4-3-5-8-15)19(25)13-23(18(24)12-21)16-9-6-10-17(11-16)28-14-20(26)27-2/h3-11H,12-14,21H2,1-2H3. The zero-order chi connectivity index (χ0) is 20.5. The molecule has 0 saturated heterocycles. The van der Waals surface area contributed by atoms with Crippen LogP contribution in [0.5, 0.6) is 5.75 Å². The van der Waals surface area contributed by atoms with E-state index in [1.165, 1.54) is 16.9 Å². The number of benzene rings is 2. The van der Waals surface area contributed by atoms with Gasteiger partial charge >= 0.3 is 5.97 Å². The van der Waals surface area contributed by atoms with Gasteiger partial charge in [0.15, 0.2) is 6.61 Å². The fourth-order valence-corrected chi connectivity index (χ4v) is 2.41. The molecular weight excluding hydrogens is 362 g/mol. The van der Waals surface area contributed by atoms with Crippen LogP contribution >= 0.6 is 0 Å². The lowest BCUT2D eigenvalue weighted by molar-refractivity contribution is -0.142. The van der Waals surface area contributed by atoms with E-state index in [2.05, 4.69) is 4.74 Å². The Hall–Kier alpha value is -3.39. The third kappa shape index (κ3) is 5.55. The normalized spacial score (nSPS) is 10.1. The predicted molar refractivity (Wildman–Crippen MR) is 105 cm³/mol. The summed E-state index contributed by atoms with van der Waals surface area (Å²) >= 11 is 0. The van der Waals surface area contributed by atoms with Gasteiger partial charge in [0, 0.05) is 24.5 Å². The number of rotatable bonds is 8. The number of hydrogen-bond donors (Lipinski definition) is 1. The summed E-state index contributed by atoms with van der Waals surface area (Å²) in [5, 5.41) is 0. The number of anilines is 2. The van der Waals surface area contributed by atoms with Gasteiger partial charge < -0.3 is 25.0 Å². The lowest BCUT2D eigenvalue weighted by Gasteiger charge is -2.25. The maximum Gasteiger partial charge on any atom is 0.343 e. The van der Waals surface area contributed by atoms with E-state index in [0.29, 0.717) is 17.1 Å². The molecule has 8 heteroatoms. The van der Waals surface area contributed by atoms with Crippen molar-refractivity contribution in [3.8, 4) is 5.75 Å². The molecule has 2 aromatic rings. The minimum Gasteiger partial charge on any atom is -0.482 e. The lowest BCUT2D eigenvalue weighted by Crippen LogP contribution is -2.44. The quantitative estimate of drug-likeness (QED) is 0.685. The van der Waals surface area contributed by atoms with Gasteiger partial charge in [-0.3, -0.25) is 9.59 Å². The first-order valence-corrected chi connectivity index (χ1v) is 8.58. The molecule has 0 unspecified atom stereocenters. The van der Waals surface area contributed by atoms with E-state index >= 15 is 0 Å². The molecule has 28 heavy (non-hydrogen) atoms. The van der Waals surface area contributed by atoms with Crippen molar-refractivity contribution in [3.05, 3.63) is 54.6 Å². The summed E-state index contributed by atoms with van der Waals surface area (Å²) in [6, 6.07) is 15.6. The van der Waals surface area contributed by atoms with Gasteiger partial charge in [-0.15, -0.1) is 0 Å². The molecule has 0 bridgehead atoms. The predicted octanol–water partition coefficient (Wildman–Crippen LogP) is 1.19. The van der Waals surface area contributed by atoms with Gasteiger partial charge in [-0.2, -0.15) is 0 Å². The minimum atomic E-state index is -0.528. The van der Waals surface area contributed by atoms with E-state index in [1.807, 2.05) is 18.2 Å². The van der Waals surface area contributed by atoms with Crippen molar-refractivity contribution in [2.75, 3.05) is 43.7 Å². The minimum absolute atomic E-state index is 0.193. The Morgan fingerprint density at radius 3 is 2.29 bits per heavy atom. The van der Waals surface area contributed by atoms with Crippen LogP contribution in [-0.2, 0) is 19.1 Å². The van der Waals surface area contributed by atoms with E-state index in [0.717, 1.165) is 0 Å². The zero-order valence-electron chi connectivity index (χ0n) is 15.8. The first-order valence-electron chi connectivity index (χ1n) is 8.58. The molecule has 0 aliphatic heterocycles. The van der Waals surface area contributed by atoms with Crippen LogP contribution in [0.2, 0.25) is 0 Å². The molecule has 0 atom stereocenters. The highest BCUT2D eigenvalue weighted by Crippen LogP contribution is 2.22. The molecule has 0 aromatic heterocycles. The van der Waals surface area contributed by atoms with Crippen molar-refractivity contribution >= 4 is 29.2 Å². The number of likely N-dealkylation sites (N-methyl/N-ethyl adjacent to an activating group) is 1. The number of nitrogens with zero attached hydrogens (tertiary/aromatic N) is 2. The van der Waals surface area contributed by atoms with E-state index in [1.54, 1.807) is 43.4 Å². The van der Waals surface area contributed by atoms with Crippen LogP contribution in [0, 0.1) is 0 Å². The summed E-state index contributed by atoms with van der Waals surface area (Å²) in [7, 11) is 2.90. The van der Waals surface area contributed by atoms with Gasteiger partial charge in [-0.1, -0.05) is 24.3 Å². The maximum atomic E-state index is 12.7. The summed E-state index contributed by atoms with van der Waals surface area (Å²) in [5.74, 6) is -0.865. The fourth-order valence-electron chi connectivity index (χ4n) is 2.41. The number of carbonyl (C=O) groups is 3. The Balaban J connectivity index is 2.18. The molecule has 0 heterocycles. The van der Waals surface area contributed by atoms with Gasteiger partial charge in [0.2, 0.25) is 11.8 Å². The summed E-state index contributed by atoms with van der Waals surface area (Å²) in [6.45, 7) is -0.710. The lowest BCUT2D eigenvalue weighted by atomic mass is 10.2. The first kappa shape index (κ1) is 20.9. The summed E-state index contributed by atoms with van der Waals surface area (Å²) in [4.78, 5) is 39.0. The molecule has 0 aliphatic carbocycles. The van der Waals surface area contributed by atoms with Crippen LogP contribution in [0.1, 0.15) is 0 Å². The van der Waals surface area contributed by atoms with Crippen molar-refractivity contribution in [1.82, 2.24) is 0 Å². The molecule has 0 radical (unpaired) electrons. The number of ether oxygens (including phenoxy) is 2. The van der Waals surface area contributed by atoms with E-state index in [4.69, 9.17) is 10.5 Å². The molecule has 0 spiro atoms. The van der Waals surface area contributed by atoms with Gasteiger partial charge in [-0.25, -0.2) is 4.79 Å². The second kappa shape index (κ2) is 10.1. The van der Waals surface area contributed by atoms with Crippen molar-refractivity contribution in [2.45, 2.75) is 0 Å². The summed E-state index contributed by atoms with van der Waals surface area (Å²) in [5.41, 5.74) is 6.67. The number of esters is 1. The van der Waals surface area contributed by atoms with Crippen molar-refractivity contribution < 1.29 is 23.9 Å². The van der Waals surface area contributed by atoms with Gasteiger partial charge in [0.25, 0.3) is 0 Å². The number of carbonyl (C=O) groups excluding carboxylic acids is 3. The van der Waals surface area contributed by atoms with Crippen molar-refractivity contribution in [1.29, 1.82) is 0 Å². The second-order valence-electron chi connectivity index (χ2n) is 5.83. The topological polar surface area (TPSA) is 102 Å². The molecule has 0 saturated carbocycles. The molecule has 2 aromatic carbocycles. The van der Waals surface area contributed by atoms with Crippen LogP contribution < -0.4 is 20.3 Å². The van der Waals surface area contributed by atoms with Crippen LogP contribution in [-0.4, -0.2) is 51.6 Å². The number of para-hydroxylation sites is 1. The average molecular weight is 385 g/mol. The number of hydrogen-bond acceptors (Lipinski definition) is 6. The smallest absolute Gasteiger partial charge is 0.343 e. The summed E-state index contributed by atoms with van der Waals surface area (Å²) < 4.78 is 9.88. The Kier molecular flexibility index (Phi) is 7.53. The molecule has 0 aliphatic rings. The van der Waals surface area contributed by atoms with Gasteiger partial charge in [-0.05, 0) is 24.3 Å². The third-order valence-corrected chi connectivity index (χ3v) is 4.00. The van der Waals surface area contributed by atoms with E-state index < -0.39 is 11.9 Å². The SMILES string of the molecule is COC(=O)COc1cccc(N(CC(=O)N(C)c2ccccc2)C(=O)CN)c1. The highest BCUT2D eigenvalue weighted by Gasteiger charge is 2.21. The highest BCUT2D eigenvalue weighted by atomic mass is 16.6. The maximum absolute atomic E-state index is 12.7. The zero-order valence-corrected chi connectivity index (χ0v) is 15.8. The Labute approximate surface area is 163 Å². The Bertz CT molecular complexity index is 826. The Morgan fingerprint density at radius 2 is 1.64 bits per heavy atom. The fraction of sp³-hybridized carbons (Fsp3) is 0.250. The number of methoxy groups -OCH3 is 1. The molecule has 2 amide bonds. The average Bonchev–Trinajstić information content (AvgIpc) is 2.75. The van der Waals surface area contributed by atoms with Crippen LogP contribution in [0.4, 0.5) is 11.4 Å². The monoisotopic (exact) mass is 385 g/mol. The highest BCUT2D eigenvalue weighted by molar-refractivity contribution is 6.04. The van der Waals surface area contributed by atoms with E-state index in [-0.39, 0.29) is 25.6 Å². The first-order chi connectivity index (χ1) is 13.5. The largest absolute Gasteiger partial charge is 0.482 e. The molecule has 148 valence electrons. The second-order valence-corrected chi connectivity index (χ2v) is 5.83.